The van der Waals surface area contributed by atoms with Crippen molar-refractivity contribution in [3.8, 4) is 0 Å². The summed E-state index contributed by atoms with van der Waals surface area (Å²) in [5.41, 5.74) is 0.626. The third-order valence-corrected chi connectivity index (χ3v) is 2.86. The van der Waals surface area contributed by atoms with Crippen LogP contribution in [0, 0.1) is 5.82 Å². The molecule has 0 saturated carbocycles. The predicted molar refractivity (Wildman–Crippen MR) is 61.7 cm³/mol. The van der Waals surface area contributed by atoms with Gasteiger partial charge in [0.05, 0.1) is 6.54 Å². The summed E-state index contributed by atoms with van der Waals surface area (Å²) in [6.07, 6.45) is 1.54. The molecule has 3 nitrogen and oxygen atoms in total. The Kier molecular flexibility index (Phi) is 3.14. The summed E-state index contributed by atoms with van der Waals surface area (Å²) in [6, 6.07) is 7.36. The highest BCUT2D eigenvalue weighted by Gasteiger charge is 2.03. The van der Waals surface area contributed by atoms with Crippen molar-refractivity contribution in [1.29, 1.82) is 0 Å². The molecule has 82 valence electrons. The van der Waals surface area contributed by atoms with Crippen molar-refractivity contribution < 1.29 is 4.39 Å². The molecule has 16 heavy (non-hydrogen) atoms. The van der Waals surface area contributed by atoms with Crippen LogP contribution < -0.4 is 5.56 Å². The zero-order valence-electron chi connectivity index (χ0n) is 8.23. The number of halogens is 2. The van der Waals surface area contributed by atoms with Gasteiger partial charge in [-0.3, -0.25) is 4.79 Å². The van der Waals surface area contributed by atoms with Crippen LogP contribution in [0.3, 0.4) is 0 Å². The zero-order valence-corrected chi connectivity index (χ0v) is 9.82. The molecule has 0 unspecified atom stereocenters. The van der Waals surface area contributed by atoms with Gasteiger partial charge in [0.25, 0.3) is 5.56 Å². The molecule has 0 atom stereocenters. The number of benzene rings is 1. The molecule has 0 bridgehead atoms. The second kappa shape index (κ2) is 4.57. The van der Waals surface area contributed by atoms with Crippen LogP contribution in [-0.2, 0) is 6.54 Å². The van der Waals surface area contributed by atoms with Gasteiger partial charge in [0.1, 0.15) is 5.82 Å². The molecule has 0 spiro atoms. The molecule has 0 aliphatic carbocycles. The SMILES string of the molecule is O=c1cccnn1Cc1ccc(F)cc1Br. The maximum atomic E-state index is 12.9. The first kappa shape index (κ1) is 11.0. The van der Waals surface area contributed by atoms with Gasteiger partial charge in [-0.2, -0.15) is 5.10 Å². The molecular weight excluding hydrogens is 275 g/mol. The van der Waals surface area contributed by atoms with Crippen LogP contribution in [0.5, 0.6) is 0 Å². The smallest absolute Gasteiger partial charge is 0.267 e. The average molecular weight is 283 g/mol. The first-order valence-electron chi connectivity index (χ1n) is 4.63. The fraction of sp³-hybridized carbons (Fsp3) is 0.0909. The second-order valence-corrected chi connectivity index (χ2v) is 4.11. The molecule has 0 amide bonds. The number of aromatic nitrogens is 2. The summed E-state index contributed by atoms with van der Waals surface area (Å²) in [6.45, 7) is 0.320. The molecule has 2 aromatic rings. The van der Waals surface area contributed by atoms with E-state index in [1.54, 1.807) is 18.3 Å². The third-order valence-electron chi connectivity index (χ3n) is 2.12. The lowest BCUT2D eigenvalue weighted by Crippen LogP contribution is -2.21. The molecule has 0 aliphatic heterocycles. The molecule has 0 aliphatic rings. The summed E-state index contributed by atoms with van der Waals surface area (Å²) in [7, 11) is 0. The quantitative estimate of drug-likeness (QED) is 0.846. The predicted octanol–water partition coefficient (Wildman–Crippen LogP) is 2.19. The Morgan fingerprint density at radius 1 is 1.38 bits per heavy atom. The second-order valence-electron chi connectivity index (χ2n) is 3.26. The molecule has 5 heteroatoms. The van der Waals surface area contributed by atoms with Crippen molar-refractivity contribution in [3.05, 3.63) is 62.7 Å². The van der Waals surface area contributed by atoms with E-state index >= 15 is 0 Å². The van der Waals surface area contributed by atoms with E-state index in [0.717, 1.165) is 5.56 Å². The van der Waals surface area contributed by atoms with Gasteiger partial charge in [-0.05, 0) is 23.8 Å². The van der Waals surface area contributed by atoms with Gasteiger partial charge in [-0.15, -0.1) is 0 Å². The molecule has 1 aromatic carbocycles. The van der Waals surface area contributed by atoms with Crippen LogP contribution in [0.1, 0.15) is 5.56 Å². The molecule has 0 fully saturated rings. The van der Waals surface area contributed by atoms with Crippen LogP contribution in [-0.4, -0.2) is 9.78 Å². The van der Waals surface area contributed by atoms with Gasteiger partial charge in [0, 0.05) is 16.7 Å². The van der Waals surface area contributed by atoms with E-state index in [1.807, 2.05) is 0 Å². The lowest BCUT2D eigenvalue weighted by Gasteiger charge is -2.05. The van der Waals surface area contributed by atoms with E-state index in [1.165, 1.54) is 22.9 Å². The van der Waals surface area contributed by atoms with Crippen LogP contribution in [0.25, 0.3) is 0 Å². The van der Waals surface area contributed by atoms with Gasteiger partial charge < -0.3 is 0 Å². The molecule has 0 saturated heterocycles. The highest BCUT2D eigenvalue weighted by molar-refractivity contribution is 9.10. The van der Waals surface area contributed by atoms with Crippen molar-refractivity contribution in [2.24, 2.45) is 0 Å². The minimum atomic E-state index is -0.316. The third kappa shape index (κ3) is 2.36. The van der Waals surface area contributed by atoms with Crippen LogP contribution in [0.15, 0.2) is 45.8 Å². The summed E-state index contributed by atoms with van der Waals surface area (Å²) in [5, 5.41) is 3.93. The van der Waals surface area contributed by atoms with Crippen molar-refractivity contribution >= 4 is 15.9 Å². The number of hydrogen-bond donors (Lipinski definition) is 0. The van der Waals surface area contributed by atoms with E-state index in [9.17, 15) is 9.18 Å². The van der Waals surface area contributed by atoms with E-state index < -0.39 is 0 Å². The Labute approximate surface area is 99.7 Å². The summed E-state index contributed by atoms with van der Waals surface area (Å²) < 4.78 is 14.8. The van der Waals surface area contributed by atoms with Gasteiger partial charge >= 0.3 is 0 Å². The van der Waals surface area contributed by atoms with Gasteiger partial charge in [-0.1, -0.05) is 22.0 Å². The highest BCUT2D eigenvalue weighted by atomic mass is 79.9. The number of rotatable bonds is 2. The van der Waals surface area contributed by atoms with Crippen LogP contribution in [0.2, 0.25) is 0 Å². The fourth-order valence-electron chi connectivity index (χ4n) is 1.32. The molecule has 0 N–H and O–H groups in total. The largest absolute Gasteiger partial charge is 0.268 e. The molecule has 2 rings (SSSR count). The van der Waals surface area contributed by atoms with Gasteiger partial charge in [0.15, 0.2) is 0 Å². The Morgan fingerprint density at radius 3 is 2.88 bits per heavy atom. The average Bonchev–Trinajstić information content (AvgIpc) is 2.25. The van der Waals surface area contributed by atoms with Crippen molar-refractivity contribution in [1.82, 2.24) is 9.78 Å². The minimum absolute atomic E-state index is 0.182. The van der Waals surface area contributed by atoms with Gasteiger partial charge in [0.2, 0.25) is 0 Å². The number of nitrogens with zero attached hydrogens (tertiary/aromatic N) is 2. The first-order chi connectivity index (χ1) is 7.66. The summed E-state index contributed by atoms with van der Waals surface area (Å²) in [4.78, 5) is 11.4. The molecule has 0 radical (unpaired) electrons. The van der Waals surface area contributed by atoms with E-state index in [4.69, 9.17) is 0 Å². The van der Waals surface area contributed by atoms with E-state index in [2.05, 4.69) is 21.0 Å². The Morgan fingerprint density at radius 2 is 2.19 bits per heavy atom. The van der Waals surface area contributed by atoms with E-state index in [0.29, 0.717) is 11.0 Å². The van der Waals surface area contributed by atoms with E-state index in [-0.39, 0.29) is 11.4 Å². The lowest BCUT2D eigenvalue weighted by atomic mass is 10.2. The summed E-state index contributed by atoms with van der Waals surface area (Å²) >= 11 is 3.25. The maximum Gasteiger partial charge on any atom is 0.267 e. The Balaban J connectivity index is 2.35. The monoisotopic (exact) mass is 282 g/mol. The van der Waals surface area contributed by atoms with Crippen LogP contribution >= 0.6 is 15.9 Å². The molecule has 1 aromatic heterocycles. The minimum Gasteiger partial charge on any atom is -0.268 e. The number of hydrogen-bond acceptors (Lipinski definition) is 2. The lowest BCUT2D eigenvalue weighted by molar-refractivity contribution is 0.616. The molecule has 1 heterocycles. The first-order valence-corrected chi connectivity index (χ1v) is 5.42. The fourth-order valence-corrected chi connectivity index (χ4v) is 1.79. The molecular formula is C11H8BrFN2O. The van der Waals surface area contributed by atoms with Crippen molar-refractivity contribution in [3.63, 3.8) is 0 Å². The van der Waals surface area contributed by atoms with Gasteiger partial charge in [-0.25, -0.2) is 9.07 Å². The highest BCUT2D eigenvalue weighted by Crippen LogP contribution is 2.18. The maximum absolute atomic E-state index is 12.9. The normalized spacial score (nSPS) is 10.4. The Hall–Kier alpha value is -1.49. The van der Waals surface area contributed by atoms with Crippen molar-refractivity contribution in [2.75, 3.05) is 0 Å². The summed E-state index contributed by atoms with van der Waals surface area (Å²) in [5.74, 6) is -0.316. The zero-order chi connectivity index (χ0) is 11.5. The Bertz CT molecular complexity index is 568. The van der Waals surface area contributed by atoms with Crippen molar-refractivity contribution in [2.45, 2.75) is 6.54 Å². The standard InChI is InChI=1S/C11H8BrFN2O/c12-10-6-9(13)4-3-8(10)7-15-11(16)2-1-5-14-15/h1-6H,7H2. The van der Waals surface area contributed by atoms with Crippen LogP contribution in [0.4, 0.5) is 4.39 Å². The topological polar surface area (TPSA) is 34.9 Å².